The van der Waals surface area contributed by atoms with Gasteiger partial charge in [-0.05, 0) is 31.5 Å². The molecule has 1 fully saturated rings. The fourth-order valence-corrected chi connectivity index (χ4v) is 3.49. The van der Waals surface area contributed by atoms with Gasteiger partial charge < -0.3 is 26.0 Å². The summed E-state index contributed by atoms with van der Waals surface area (Å²) in [5.74, 6) is 0. The van der Waals surface area contributed by atoms with Crippen LogP contribution in [0, 0.1) is 10.8 Å². The molecule has 3 heterocycles. The Kier molecular flexibility index (Phi) is 5.05. The van der Waals surface area contributed by atoms with Gasteiger partial charge in [-0.2, -0.15) is 0 Å². The first-order valence-electron chi connectivity index (χ1n) is 8.44. The van der Waals surface area contributed by atoms with Crippen molar-refractivity contribution in [1.82, 2.24) is 15.3 Å². The van der Waals surface area contributed by atoms with Gasteiger partial charge in [0, 0.05) is 66.2 Å². The third-order valence-corrected chi connectivity index (χ3v) is 4.54. The molecular formula is C18H24N6. The molecule has 126 valence electrons. The highest BCUT2D eigenvalue weighted by atomic mass is 15.2. The molecule has 3 rings (SSSR count). The number of likely N-dealkylation sites (N-methyl/N-ethyl adjacent to an activating group) is 1. The Morgan fingerprint density at radius 3 is 3.12 bits per heavy atom. The van der Waals surface area contributed by atoms with Gasteiger partial charge in [-0.3, -0.25) is 0 Å². The van der Waals surface area contributed by atoms with Crippen LogP contribution in [-0.4, -0.2) is 48.1 Å². The highest BCUT2D eigenvalue weighted by molar-refractivity contribution is 6.18. The molecule has 0 bridgehead atoms. The van der Waals surface area contributed by atoms with E-state index in [-0.39, 0.29) is 0 Å². The van der Waals surface area contributed by atoms with Crippen LogP contribution in [0.3, 0.4) is 0 Å². The first-order valence-corrected chi connectivity index (χ1v) is 8.44. The van der Waals surface area contributed by atoms with Crippen molar-refractivity contribution in [3.05, 3.63) is 30.1 Å². The second-order valence-electron chi connectivity index (χ2n) is 6.03. The SMILES string of the molecule is CCN[C@H]1CCCN(c2ccnc3[nH]cc(/C(C=N)=C/C=N)c23)C1. The quantitative estimate of drug-likeness (QED) is 0.616. The lowest BCUT2D eigenvalue weighted by Crippen LogP contribution is -2.45. The predicted molar refractivity (Wildman–Crippen MR) is 101 cm³/mol. The van der Waals surface area contributed by atoms with E-state index in [1.165, 1.54) is 18.9 Å². The number of H-pyrrole nitrogens is 1. The summed E-state index contributed by atoms with van der Waals surface area (Å²) in [5, 5.41) is 19.6. The zero-order chi connectivity index (χ0) is 16.9. The van der Waals surface area contributed by atoms with Crippen molar-refractivity contribution in [2.75, 3.05) is 24.5 Å². The van der Waals surface area contributed by atoms with Gasteiger partial charge in [0.1, 0.15) is 5.65 Å². The highest BCUT2D eigenvalue weighted by Crippen LogP contribution is 2.33. The number of rotatable bonds is 6. The maximum atomic E-state index is 7.66. The molecule has 0 spiro atoms. The molecule has 0 unspecified atom stereocenters. The largest absolute Gasteiger partial charge is 0.369 e. The number of aromatic nitrogens is 2. The van der Waals surface area contributed by atoms with Gasteiger partial charge in [0.05, 0.1) is 0 Å². The van der Waals surface area contributed by atoms with E-state index in [1.54, 1.807) is 6.08 Å². The van der Waals surface area contributed by atoms with Crippen LogP contribution < -0.4 is 10.2 Å². The second kappa shape index (κ2) is 7.40. The fourth-order valence-electron chi connectivity index (χ4n) is 3.49. The number of anilines is 1. The molecule has 0 aliphatic carbocycles. The van der Waals surface area contributed by atoms with Gasteiger partial charge in [0.15, 0.2) is 0 Å². The lowest BCUT2D eigenvalue weighted by Gasteiger charge is -2.35. The van der Waals surface area contributed by atoms with Gasteiger partial charge in [-0.1, -0.05) is 6.92 Å². The van der Waals surface area contributed by atoms with Crippen molar-refractivity contribution >= 4 is 34.7 Å². The van der Waals surface area contributed by atoms with Crippen molar-refractivity contribution in [3.63, 3.8) is 0 Å². The van der Waals surface area contributed by atoms with E-state index in [4.69, 9.17) is 10.8 Å². The fraction of sp³-hybridized carbons (Fsp3) is 0.389. The van der Waals surface area contributed by atoms with E-state index in [2.05, 4.69) is 33.2 Å². The van der Waals surface area contributed by atoms with E-state index in [0.717, 1.165) is 48.3 Å². The van der Waals surface area contributed by atoms with Gasteiger partial charge in [0.25, 0.3) is 0 Å². The average molecular weight is 324 g/mol. The Hall–Kier alpha value is -2.47. The molecule has 2 aromatic heterocycles. The van der Waals surface area contributed by atoms with E-state index in [9.17, 15) is 0 Å². The van der Waals surface area contributed by atoms with Crippen LogP contribution in [0.1, 0.15) is 25.3 Å². The lowest BCUT2D eigenvalue weighted by molar-refractivity contribution is 0.432. The number of allylic oxidation sites excluding steroid dienone is 2. The zero-order valence-corrected chi connectivity index (χ0v) is 14.0. The standard InChI is InChI=1S/C18H24N6/c1-2-21-14-4-3-9-24(12-14)16-6-8-22-18-17(16)15(11-23-18)13(10-20)5-7-19/h5-8,10-11,14,19-21H,2-4,9,12H2,1H3,(H,22,23)/b13-5+,19-7?,20-10?/t14-/m0/s1. The van der Waals surface area contributed by atoms with E-state index >= 15 is 0 Å². The normalized spacial score (nSPS) is 18.8. The van der Waals surface area contributed by atoms with Gasteiger partial charge in [-0.25, -0.2) is 4.98 Å². The topological polar surface area (TPSA) is 91.7 Å². The molecule has 1 saturated heterocycles. The summed E-state index contributed by atoms with van der Waals surface area (Å²) in [6, 6.07) is 2.56. The second-order valence-corrected chi connectivity index (χ2v) is 6.03. The highest BCUT2D eigenvalue weighted by Gasteiger charge is 2.22. The Labute approximate surface area is 142 Å². The van der Waals surface area contributed by atoms with E-state index in [0.29, 0.717) is 11.6 Å². The molecule has 4 N–H and O–H groups in total. The van der Waals surface area contributed by atoms with Crippen LogP contribution in [0.5, 0.6) is 0 Å². The minimum atomic E-state index is 0.508. The monoisotopic (exact) mass is 324 g/mol. The van der Waals surface area contributed by atoms with Gasteiger partial charge >= 0.3 is 0 Å². The Bertz CT molecular complexity index is 758. The molecule has 0 radical (unpaired) electrons. The van der Waals surface area contributed by atoms with Crippen LogP contribution in [0.2, 0.25) is 0 Å². The number of hydrogen-bond donors (Lipinski definition) is 4. The molecule has 0 aromatic carbocycles. The Morgan fingerprint density at radius 2 is 2.38 bits per heavy atom. The summed E-state index contributed by atoms with van der Waals surface area (Å²) in [6.07, 6.45) is 10.2. The molecule has 24 heavy (non-hydrogen) atoms. The molecule has 1 aliphatic heterocycles. The molecule has 1 aliphatic rings. The number of nitrogens with zero attached hydrogens (tertiary/aromatic N) is 2. The van der Waals surface area contributed by atoms with Crippen molar-refractivity contribution in [3.8, 4) is 0 Å². The lowest BCUT2D eigenvalue weighted by atomic mass is 10.0. The maximum absolute atomic E-state index is 7.66. The summed E-state index contributed by atoms with van der Waals surface area (Å²) in [5.41, 5.74) is 3.62. The van der Waals surface area contributed by atoms with Crippen molar-refractivity contribution in [1.29, 1.82) is 10.8 Å². The van der Waals surface area contributed by atoms with Crippen LogP contribution in [-0.2, 0) is 0 Å². The van der Waals surface area contributed by atoms with Gasteiger partial charge in [0.2, 0.25) is 0 Å². The summed E-state index contributed by atoms with van der Waals surface area (Å²) < 4.78 is 0. The molecule has 6 nitrogen and oxygen atoms in total. The third-order valence-electron chi connectivity index (χ3n) is 4.54. The van der Waals surface area contributed by atoms with Crippen LogP contribution >= 0.6 is 0 Å². The Balaban J connectivity index is 2.05. The summed E-state index contributed by atoms with van der Waals surface area (Å²) in [7, 11) is 0. The number of pyridine rings is 1. The number of fused-ring (bicyclic) bond motifs is 1. The minimum absolute atomic E-state index is 0.508. The molecule has 1 atom stereocenters. The summed E-state index contributed by atoms with van der Waals surface area (Å²) in [4.78, 5) is 10.0. The van der Waals surface area contributed by atoms with Crippen molar-refractivity contribution in [2.24, 2.45) is 0 Å². The molecular weight excluding hydrogens is 300 g/mol. The minimum Gasteiger partial charge on any atom is -0.369 e. The van der Waals surface area contributed by atoms with Gasteiger partial charge in [-0.15, -0.1) is 0 Å². The summed E-state index contributed by atoms with van der Waals surface area (Å²) >= 11 is 0. The van der Waals surface area contributed by atoms with E-state index in [1.807, 2.05) is 12.4 Å². The number of piperidine rings is 1. The first kappa shape index (κ1) is 16.4. The zero-order valence-electron chi connectivity index (χ0n) is 14.0. The number of hydrogen-bond acceptors (Lipinski definition) is 5. The first-order chi connectivity index (χ1) is 11.8. The molecule has 6 heteroatoms. The average Bonchev–Trinajstić information content (AvgIpc) is 3.04. The summed E-state index contributed by atoms with van der Waals surface area (Å²) in [6.45, 7) is 5.14. The third kappa shape index (κ3) is 3.10. The molecule has 0 saturated carbocycles. The smallest absolute Gasteiger partial charge is 0.139 e. The van der Waals surface area contributed by atoms with Crippen LogP contribution in [0.4, 0.5) is 5.69 Å². The Morgan fingerprint density at radius 1 is 1.50 bits per heavy atom. The molecule has 2 aromatic rings. The van der Waals surface area contributed by atoms with Crippen LogP contribution in [0.15, 0.2) is 24.5 Å². The van der Waals surface area contributed by atoms with Crippen molar-refractivity contribution < 1.29 is 0 Å². The van der Waals surface area contributed by atoms with E-state index < -0.39 is 0 Å². The maximum Gasteiger partial charge on any atom is 0.139 e. The predicted octanol–water partition coefficient (Wildman–Crippen LogP) is 2.82. The number of aromatic amines is 1. The molecule has 0 amide bonds. The van der Waals surface area contributed by atoms with Crippen LogP contribution in [0.25, 0.3) is 16.6 Å². The number of nitrogens with one attached hydrogen (secondary N) is 4. The van der Waals surface area contributed by atoms with Crippen molar-refractivity contribution in [2.45, 2.75) is 25.8 Å².